The second kappa shape index (κ2) is 3.84. The van der Waals surface area contributed by atoms with Crippen LogP contribution in [-0.2, 0) is 10.8 Å². The zero-order valence-corrected chi connectivity index (χ0v) is 8.79. The number of amides is 1. The molecule has 1 amide bonds. The Hall–Kier alpha value is -0.950. The molecule has 0 saturated heterocycles. The van der Waals surface area contributed by atoms with Crippen molar-refractivity contribution in [2.75, 3.05) is 18.6 Å². The molecule has 1 atom stereocenters. The summed E-state index contributed by atoms with van der Waals surface area (Å²) in [5, 5.41) is 3.58. The first-order valence-corrected chi connectivity index (χ1v) is 5.71. The Labute approximate surface area is 82.0 Å². The molecule has 0 aromatic carbocycles. The highest BCUT2D eigenvalue weighted by Gasteiger charge is 2.19. The summed E-state index contributed by atoms with van der Waals surface area (Å²) in [6.45, 7) is 0. The molecule has 3 N–H and O–H groups in total. The van der Waals surface area contributed by atoms with E-state index in [9.17, 15) is 9.00 Å². The molecule has 0 radical (unpaired) electrons. The third kappa shape index (κ3) is 1.86. The van der Waals surface area contributed by atoms with Crippen LogP contribution in [-0.4, -0.2) is 27.8 Å². The minimum Gasteiger partial charge on any atom is -0.378 e. The average Bonchev–Trinajstić information content (AvgIpc) is 2.46. The van der Waals surface area contributed by atoms with Crippen LogP contribution in [0.3, 0.4) is 0 Å². The number of aromatic nitrogens is 1. The third-order valence-corrected chi connectivity index (χ3v) is 3.23. The van der Waals surface area contributed by atoms with Gasteiger partial charge >= 0.3 is 0 Å². The molecule has 0 spiro atoms. The summed E-state index contributed by atoms with van der Waals surface area (Å²) < 4.78 is 15.0. The molecule has 1 unspecified atom stereocenters. The Morgan fingerprint density at radius 1 is 1.69 bits per heavy atom. The van der Waals surface area contributed by atoms with Crippen LogP contribution in [0.2, 0.25) is 0 Å². The normalized spacial score (nSPS) is 12.5. The van der Waals surface area contributed by atoms with E-state index in [0.717, 1.165) is 11.5 Å². The molecule has 1 aromatic rings. The number of carbonyl (C=O) groups excluding carboxylic acids is 1. The Morgan fingerprint density at radius 2 is 2.31 bits per heavy atom. The highest BCUT2D eigenvalue weighted by Crippen LogP contribution is 2.25. The summed E-state index contributed by atoms with van der Waals surface area (Å²) in [4.78, 5) is 11.0. The van der Waals surface area contributed by atoms with Crippen LogP contribution in [0, 0.1) is 0 Å². The van der Waals surface area contributed by atoms with Gasteiger partial charge in [0.1, 0.15) is 10.6 Å². The lowest BCUT2D eigenvalue weighted by Gasteiger charge is -1.97. The first kappa shape index (κ1) is 10.1. The van der Waals surface area contributed by atoms with E-state index < -0.39 is 16.7 Å². The van der Waals surface area contributed by atoms with Crippen molar-refractivity contribution in [1.29, 1.82) is 0 Å². The van der Waals surface area contributed by atoms with Crippen molar-refractivity contribution in [3.63, 3.8) is 0 Å². The third-order valence-electron chi connectivity index (χ3n) is 1.41. The summed E-state index contributed by atoms with van der Waals surface area (Å²) in [7, 11) is 0.372. The largest absolute Gasteiger partial charge is 0.378 e. The number of nitrogens with two attached hydrogens (primary N) is 1. The summed E-state index contributed by atoms with van der Waals surface area (Å²) in [5.74, 6) is -0.608. The molecule has 13 heavy (non-hydrogen) atoms. The minimum absolute atomic E-state index is 0.230. The van der Waals surface area contributed by atoms with Crippen LogP contribution in [0.5, 0.6) is 0 Å². The van der Waals surface area contributed by atoms with E-state index in [2.05, 4.69) is 9.69 Å². The van der Waals surface area contributed by atoms with Gasteiger partial charge in [0.05, 0.1) is 10.8 Å². The number of carbonyl (C=O) groups is 1. The number of hydrogen-bond acceptors (Lipinski definition) is 5. The Bertz CT molecular complexity index is 361. The fourth-order valence-electron chi connectivity index (χ4n) is 0.860. The van der Waals surface area contributed by atoms with Gasteiger partial charge in [-0.2, -0.15) is 4.37 Å². The SMILES string of the molecule is CNc1snc(S(C)=O)c1C(N)=O. The fourth-order valence-corrected chi connectivity index (χ4v) is 2.59. The Morgan fingerprint density at radius 3 is 2.69 bits per heavy atom. The summed E-state index contributed by atoms with van der Waals surface area (Å²) in [6, 6.07) is 0. The van der Waals surface area contributed by atoms with E-state index in [1.54, 1.807) is 7.05 Å². The molecule has 0 saturated carbocycles. The first-order chi connectivity index (χ1) is 6.07. The first-order valence-electron chi connectivity index (χ1n) is 3.38. The van der Waals surface area contributed by atoms with Crippen molar-refractivity contribution in [3.05, 3.63) is 5.56 Å². The predicted molar refractivity (Wildman–Crippen MR) is 52.5 cm³/mol. The fraction of sp³-hybridized carbons (Fsp3) is 0.333. The van der Waals surface area contributed by atoms with Gasteiger partial charge in [0.15, 0.2) is 5.03 Å². The van der Waals surface area contributed by atoms with Crippen molar-refractivity contribution < 1.29 is 9.00 Å². The van der Waals surface area contributed by atoms with E-state index >= 15 is 0 Å². The number of anilines is 1. The maximum Gasteiger partial charge on any atom is 0.254 e. The smallest absolute Gasteiger partial charge is 0.254 e. The van der Waals surface area contributed by atoms with Gasteiger partial charge in [-0.15, -0.1) is 0 Å². The second-order valence-corrected chi connectivity index (χ2v) is 4.33. The van der Waals surface area contributed by atoms with Gasteiger partial charge in [-0.3, -0.25) is 9.00 Å². The maximum absolute atomic E-state index is 11.1. The number of rotatable bonds is 3. The van der Waals surface area contributed by atoms with Gasteiger partial charge in [0.25, 0.3) is 5.91 Å². The molecule has 0 aliphatic carbocycles. The van der Waals surface area contributed by atoms with Gasteiger partial charge in [-0.25, -0.2) is 0 Å². The van der Waals surface area contributed by atoms with E-state index in [0.29, 0.717) is 5.00 Å². The molecule has 0 fully saturated rings. The molecule has 1 aromatic heterocycles. The minimum atomic E-state index is -1.28. The van der Waals surface area contributed by atoms with Crippen LogP contribution in [0.15, 0.2) is 5.03 Å². The van der Waals surface area contributed by atoms with Crippen LogP contribution in [0.1, 0.15) is 10.4 Å². The topological polar surface area (TPSA) is 85.1 Å². The van der Waals surface area contributed by atoms with E-state index in [1.165, 1.54) is 6.26 Å². The lowest BCUT2D eigenvalue weighted by Crippen LogP contribution is -2.14. The van der Waals surface area contributed by atoms with Crippen molar-refractivity contribution in [1.82, 2.24) is 4.37 Å². The summed E-state index contributed by atoms with van der Waals surface area (Å²) in [5.41, 5.74) is 5.36. The van der Waals surface area contributed by atoms with Crippen molar-refractivity contribution >= 4 is 33.2 Å². The Balaban J connectivity index is 3.30. The number of nitrogens with one attached hydrogen (secondary N) is 1. The van der Waals surface area contributed by atoms with E-state index in [-0.39, 0.29) is 10.6 Å². The molecule has 72 valence electrons. The standard InChI is InChI=1S/C6H9N3O2S2/c1-8-5-3(4(7)10)6(9-12-5)13(2)11/h8H,1-2H3,(H2,7,10). The average molecular weight is 219 g/mol. The van der Waals surface area contributed by atoms with Crippen LogP contribution >= 0.6 is 11.5 Å². The molecule has 0 aliphatic heterocycles. The molecule has 1 rings (SSSR count). The van der Waals surface area contributed by atoms with Crippen molar-refractivity contribution in [3.8, 4) is 0 Å². The molecular formula is C6H9N3O2S2. The highest BCUT2D eigenvalue weighted by molar-refractivity contribution is 7.84. The molecule has 0 bridgehead atoms. The van der Waals surface area contributed by atoms with Crippen molar-refractivity contribution in [2.24, 2.45) is 5.73 Å². The number of nitrogens with zero attached hydrogens (tertiary/aromatic N) is 1. The van der Waals surface area contributed by atoms with Crippen LogP contribution < -0.4 is 11.1 Å². The lowest BCUT2D eigenvalue weighted by molar-refractivity contribution is 0.0998. The quantitative estimate of drug-likeness (QED) is 0.750. The molecular weight excluding hydrogens is 210 g/mol. The number of hydrogen-bond donors (Lipinski definition) is 2. The van der Waals surface area contributed by atoms with E-state index in [4.69, 9.17) is 5.73 Å². The van der Waals surface area contributed by atoms with Crippen LogP contribution in [0.25, 0.3) is 0 Å². The van der Waals surface area contributed by atoms with Crippen LogP contribution in [0.4, 0.5) is 5.00 Å². The van der Waals surface area contributed by atoms with Gasteiger partial charge in [0, 0.05) is 13.3 Å². The lowest BCUT2D eigenvalue weighted by atomic mass is 10.3. The highest BCUT2D eigenvalue weighted by atomic mass is 32.2. The Kier molecular flexibility index (Phi) is 2.99. The summed E-state index contributed by atoms with van der Waals surface area (Å²) in [6.07, 6.45) is 1.46. The second-order valence-electron chi connectivity index (χ2n) is 2.26. The molecule has 7 heteroatoms. The van der Waals surface area contributed by atoms with Gasteiger partial charge in [-0.1, -0.05) is 0 Å². The molecule has 5 nitrogen and oxygen atoms in total. The predicted octanol–water partition coefficient (Wildman–Crippen LogP) is 0.0211. The molecule has 1 heterocycles. The van der Waals surface area contributed by atoms with Gasteiger partial charge < -0.3 is 11.1 Å². The zero-order chi connectivity index (χ0) is 10.0. The van der Waals surface area contributed by atoms with E-state index in [1.807, 2.05) is 0 Å². The monoisotopic (exact) mass is 219 g/mol. The molecule has 0 aliphatic rings. The zero-order valence-electron chi connectivity index (χ0n) is 7.16. The number of primary amides is 1. The summed E-state index contributed by atoms with van der Waals surface area (Å²) >= 11 is 1.08. The van der Waals surface area contributed by atoms with Gasteiger partial charge in [-0.05, 0) is 11.5 Å². The van der Waals surface area contributed by atoms with Crippen molar-refractivity contribution in [2.45, 2.75) is 5.03 Å². The maximum atomic E-state index is 11.1. The van der Waals surface area contributed by atoms with Gasteiger partial charge in [0.2, 0.25) is 0 Å².